The van der Waals surface area contributed by atoms with E-state index in [-0.39, 0.29) is 5.56 Å². The Hall–Kier alpha value is -3.12. The van der Waals surface area contributed by atoms with Crippen molar-refractivity contribution in [1.82, 2.24) is 4.57 Å². The molecule has 128 valence electrons. The summed E-state index contributed by atoms with van der Waals surface area (Å²) in [5, 5.41) is 9.66. The highest BCUT2D eigenvalue weighted by Gasteiger charge is 2.24. The van der Waals surface area contributed by atoms with E-state index < -0.39 is 0 Å². The van der Waals surface area contributed by atoms with E-state index >= 15 is 0 Å². The third-order valence-electron chi connectivity index (χ3n) is 5.13. The predicted octanol–water partition coefficient (Wildman–Crippen LogP) is 4.31. The second kappa shape index (κ2) is 7.01. The van der Waals surface area contributed by atoms with Crippen molar-refractivity contribution < 1.29 is 0 Å². The van der Waals surface area contributed by atoms with Crippen LogP contribution in [0.5, 0.6) is 0 Å². The van der Waals surface area contributed by atoms with Crippen molar-refractivity contribution in [3.05, 3.63) is 93.3 Å². The number of pyridine rings is 1. The molecule has 3 heteroatoms. The molecule has 0 radical (unpaired) electrons. The molecule has 0 unspecified atom stereocenters. The van der Waals surface area contributed by atoms with Crippen LogP contribution in [0.2, 0.25) is 0 Å². The third-order valence-corrected chi connectivity index (χ3v) is 5.13. The highest BCUT2D eigenvalue weighted by Crippen LogP contribution is 2.32. The minimum Gasteiger partial charge on any atom is -0.302 e. The lowest BCUT2D eigenvalue weighted by atomic mass is 9.86. The van der Waals surface area contributed by atoms with Crippen LogP contribution in [0.15, 0.2) is 65.5 Å². The van der Waals surface area contributed by atoms with E-state index in [9.17, 15) is 10.1 Å². The van der Waals surface area contributed by atoms with Gasteiger partial charge in [0.15, 0.2) is 0 Å². The fourth-order valence-electron chi connectivity index (χ4n) is 3.93. The Morgan fingerprint density at radius 3 is 2.15 bits per heavy atom. The second-order valence-corrected chi connectivity index (χ2v) is 6.74. The Balaban J connectivity index is 2.02. The van der Waals surface area contributed by atoms with Crippen molar-refractivity contribution >= 4 is 0 Å². The van der Waals surface area contributed by atoms with Crippen molar-refractivity contribution in [3.8, 4) is 17.3 Å². The molecular formula is C23H20N2O. The summed E-state index contributed by atoms with van der Waals surface area (Å²) in [5.74, 6) is 0. The van der Waals surface area contributed by atoms with E-state index in [4.69, 9.17) is 0 Å². The molecule has 0 N–H and O–H groups in total. The molecule has 3 aromatic rings. The lowest BCUT2D eigenvalue weighted by molar-refractivity contribution is 0.659. The standard InChI is InChI=1S/C23H20N2O/c24-15-21-19-13-7-8-14-20(19)22(18-11-5-2-6-12-18)25(23(21)26)16-17-9-3-1-4-10-17/h1-6,9-12H,7-8,13-14,16H2. The molecule has 1 aromatic heterocycles. The van der Waals surface area contributed by atoms with Crippen LogP contribution in [0.25, 0.3) is 11.3 Å². The zero-order chi connectivity index (χ0) is 17.9. The molecule has 26 heavy (non-hydrogen) atoms. The summed E-state index contributed by atoms with van der Waals surface area (Å²) in [6, 6.07) is 22.3. The molecule has 1 aliphatic rings. The third kappa shape index (κ3) is 2.84. The summed E-state index contributed by atoms with van der Waals surface area (Å²) in [6.45, 7) is 0.478. The van der Waals surface area contributed by atoms with Crippen LogP contribution < -0.4 is 5.56 Å². The molecule has 0 spiro atoms. The molecule has 1 aliphatic carbocycles. The zero-order valence-corrected chi connectivity index (χ0v) is 14.6. The quantitative estimate of drug-likeness (QED) is 0.713. The topological polar surface area (TPSA) is 45.8 Å². The van der Waals surface area contributed by atoms with Gasteiger partial charge >= 0.3 is 0 Å². The van der Waals surface area contributed by atoms with Gasteiger partial charge < -0.3 is 4.57 Å². The van der Waals surface area contributed by atoms with E-state index in [1.54, 1.807) is 4.57 Å². The van der Waals surface area contributed by atoms with Gasteiger partial charge in [-0.15, -0.1) is 0 Å². The lowest BCUT2D eigenvalue weighted by Crippen LogP contribution is -2.29. The highest BCUT2D eigenvalue weighted by molar-refractivity contribution is 5.67. The summed E-state index contributed by atoms with van der Waals surface area (Å²) in [6.07, 6.45) is 3.88. The Morgan fingerprint density at radius 2 is 1.50 bits per heavy atom. The largest absolute Gasteiger partial charge is 0.302 e. The van der Waals surface area contributed by atoms with Crippen LogP contribution in [0.1, 0.15) is 35.1 Å². The van der Waals surface area contributed by atoms with Gasteiger partial charge in [0.2, 0.25) is 0 Å². The molecule has 0 aliphatic heterocycles. The minimum absolute atomic E-state index is 0.171. The van der Waals surface area contributed by atoms with Crippen molar-refractivity contribution in [2.75, 3.05) is 0 Å². The monoisotopic (exact) mass is 340 g/mol. The molecule has 0 saturated carbocycles. The lowest BCUT2D eigenvalue weighted by Gasteiger charge is -2.25. The first-order chi connectivity index (χ1) is 12.8. The molecule has 0 atom stereocenters. The number of fused-ring (bicyclic) bond motifs is 1. The van der Waals surface area contributed by atoms with Crippen LogP contribution in [0.4, 0.5) is 0 Å². The Morgan fingerprint density at radius 1 is 0.885 bits per heavy atom. The van der Waals surface area contributed by atoms with Crippen molar-refractivity contribution in [1.29, 1.82) is 5.26 Å². The molecule has 0 fully saturated rings. The van der Waals surface area contributed by atoms with Gasteiger partial charge in [-0.3, -0.25) is 4.79 Å². The average molecular weight is 340 g/mol. The summed E-state index contributed by atoms with van der Waals surface area (Å²) in [7, 11) is 0. The van der Waals surface area contributed by atoms with Crippen molar-refractivity contribution in [2.24, 2.45) is 0 Å². The van der Waals surface area contributed by atoms with Crippen LogP contribution in [0, 0.1) is 11.3 Å². The van der Waals surface area contributed by atoms with Gasteiger partial charge in [-0.2, -0.15) is 5.26 Å². The zero-order valence-electron chi connectivity index (χ0n) is 14.6. The molecule has 4 rings (SSSR count). The van der Waals surface area contributed by atoms with Gasteiger partial charge in [-0.25, -0.2) is 0 Å². The maximum atomic E-state index is 13.2. The van der Waals surface area contributed by atoms with Gasteiger partial charge in [0.25, 0.3) is 5.56 Å². The van der Waals surface area contributed by atoms with Gasteiger partial charge in [-0.05, 0) is 47.9 Å². The average Bonchev–Trinajstić information content (AvgIpc) is 2.70. The van der Waals surface area contributed by atoms with Crippen molar-refractivity contribution in [3.63, 3.8) is 0 Å². The number of aromatic nitrogens is 1. The SMILES string of the molecule is N#Cc1c2c(c(-c3ccccc3)n(Cc3ccccc3)c1=O)CCCC2. The van der Waals surface area contributed by atoms with Gasteiger partial charge in [0.05, 0.1) is 12.2 Å². The maximum Gasteiger partial charge on any atom is 0.269 e. The van der Waals surface area contributed by atoms with E-state index in [1.807, 2.05) is 48.5 Å². The van der Waals surface area contributed by atoms with Crippen LogP contribution in [0.3, 0.4) is 0 Å². The second-order valence-electron chi connectivity index (χ2n) is 6.74. The smallest absolute Gasteiger partial charge is 0.269 e. The number of hydrogen-bond donors (Lipinski definition) is 0. The van der Waals surface area contributed by atoms with Gasteiger partial charge in [0, 0.05) is 0 Å². The Kier molecular flexibility index (Phi) is 4.41. The number of benzene rings is 2. The van der Waals surface area contributed by atoms with Crippen molar-refractivity contribution in [2.45, 2.75) is 32.2 Å². The number of nitrogens with zero attached hydrogens (tertiary/aromatic N) is 2. The van der Waals surface area contributed by atoms with E-state index in [1.165, 1.54) is 5.56 Å². The summed E-state index contributed by atoms with van der Waals surface area (Å²) < 4.78 is 1.80. The Bertz CT molecular complexity index is 1030. The van der Waals surface area contributed by atoms with Gasteiger partial charge in [-0.1, -0.05) is 60.7 Å². The summed E-state index contributed by atoms with van der Waals surface area (Å²) in [5.41, 5.74) is 5.38. The molecule has 0 saturated heterocycles. The first-order valence-electron chi connectivity index (χ1n) is 9.07. The fraction of sp³-hybridized carbons (Fsp3) is 0.217. The highest BCUT2D eigenvalue weighted by atomic mass is 16.1. The molecule has 3 nitrogen and oxygen atoms in total. The van der Waals surface area contributed by atoms with E-state index in [2.05, 4.69) is 18.2 Å². The van der Waals surface area contributed by atoms with E-state index in [0.29, 0.717) is 12.1 Å². The summed E-state index contributed by atoms with van der Waals surface area (Å²) in [4.78, 5) is 13.2. The first-order valence-corrected chi connectivity index (χ1v) is 9.07. The number of rotatable bonds is 3. The van der Waals surface area contributed by atoms with E-state index in [0.717, 1.165) is 48.1 Å². The predicted molar refractivity (Wildman–Crippen MR) is 103 cm³/mol. The molecule has 0 amide bonds. The fourth-order valence-corrected chi connectivity index (χ4v) is 3.93. The van der Waals surface area contributed by atoms with Crippen LogP contribution >= 0.6 is 0 Å². The molecule has 1 heterocycles. The normalized spacial score (nSPS) is 13.0. The summed E-state index contributed by atoms with van der Waals surface area (Å²) >= 11 is 0. The van der Waals surface area contributed by atoms with Gasteiger partial charge in [0.1, 0.15) is 11.6 Å². The maximum absolute atomic E-state index is 13.2. The molecular weight excluding hydrogens is 320 g/mol. The number of nitriles is 1. The molecule has 0 bridgehead atoms. The minimum atomic E-state index is -0.171. The number of hydrogen-bond acceptors (Lipinski definition) is 2. The van der Waals surface area contributed by atoms with Crippen LogP contribution in [-0.2, 0) is 19.4 Å². The van der Waals surface area contributed by atoms with Crippen LogP contribution in [-0.4, -0.2) is 4.57 Å². The Labute approximate surface area is 153 Å². The first kappa shape index (κ1) is 16.4. The molecule has 2 aromatic carbocycles.